The van der Waals surface area contributed by atoms with E-state index < -0.39 is 6.10 Å². The van der Waals surface area contributed by atoms with Gasteiger partial charge < -0.3 is 14.2 Å². The van der Waals surface area contributed by atoms with E-state index in [0.29, 0.717) is 19.3 Å². The zero-order valence-corrected chi connectivity index (χ0v) is 43.1. The zero-order chi connectivity index (χ0) is 46.5. The highest BCUT2D eigenvalue weighted by Crippen LogP contribution is 2.17. The van der Waals surface area contributed by atoms with E-state index in [1.165, 1.54) is 199 Å². The van der Waals surface area contributed by atoms with Crippen LogP contribution in [0.3, 0.4) is 0 Å². The van der Waals surface area contributed by atoms with Crippen LogP contribution in [0.2, 0.25) is 0 Å². The van der Waals surface area contributed by atoms with Crippen molar-refractivity contribution in [2.75, 3.05) is 13.2 Å². The number of carbonyl (C=O) groups excluding carboxylic acids is 3. The zero-order valence-electron chi connectivity index (χ0n) is 43.1. The average Bonchev–Trinajstić information content (AvgIpc) is 3.29. The minimum atomic E-state index is -0.762. The van der Waals surface area contributed by atoms with Gasteiger partial charge in [-0.05, 0) is 51.4 Å². The fourth-order valence-electron chi connectivity index (χ4n) is 8.42. The molecule has 376 valence electrons. The molecule has 0 N–H and O–H groups in total. The largest absolute Gasteiger partial charge is 0.462 e. The molecule has 0 rings (SSSR count). The van der Waals surface area contributed by atoms with Crippen LogP contribution >= 0.6 is 0 Å². The lowest BCUT2D eigenvalue weighted by atomic mass is 10.0. The minimum Gasteiger partial charge on any atom is -0.462 e. The molecule has 6 nitrogen and oxygen atoms in total. The maximum absolute atomic E-state index is 12.7. The van der Waals surface area contributed by atoms with Gasteiger partial charge in [0, 0.05) is 19.3 Å². The first kappa shape index (κ1) is 61.9. The molecule has 0 aliphatic heterocycles. The van der Waals surface area contributed by atoms with E-state index in [2.05, 4.69) is 45.1 Å². The molecular formula is C58H108O6. The van der Waals surface area contributed by atoms with Crippen molar-refractivity contribution >= 4 is 17.9 Å². The van der Waals surface area contributed by atoms with E-state index in [4.69, 9.17) is 14.2 Å². The number of hydrogen-bond acceptors (Lipinski definition) is 6. The average molecular weight is 901 g/mol. The lowest BCUT2D eigenvalue weighted by Crippen LogP contribution is -2.30. The molecular weight excluding hydrogens is 793 g/mol. The van der Waals surface area contributed by atoms with Crippen molar-refractivity contribution in [1.82, 2.24) is 0 Å². The van der Waals surface area contributed by atoms with Gasteiger partial charge in [0.2, 0.25) is 0 Å². The second kappa shape index (κ2) is 53.5. The van der Waals surface area contributed by atoms with Crippen LogP contribution in [0.5, 0.6) is 0 Å². The van der Waals surface area contributed by atoms with E-state index >= 15 is 0 Å². The maximum atomic E-state index is 12.7. The summed E-state index contributed by atoms with van der Waals surface area (Å²) in [5.41, 5.74) is 0. The fraction of sp³-hybridized carbons (Fsp3) is 0.879. The summed E-state index contributed by atoms with van der Waals surface area (Å²) in [5.74, 6) is -0.864. The second-order valence-electron chi connectivity index (χ2n) is 19.2. The van der Waals surface area contributed by atoms with E-state index in [-0.39, 0.29) is 31.1 Å². The number of allylic oxidation sites excluding steroid dienone is 4. The molecule has 0 heterocycles. The van der Waals surface area contributed by atoms with Crippen LogP contribution < -0.4 is 0 Å². The van der Waals surface area contributed by atoms with Gasteiger partial charge in [-0.2, -0.15) is 0 Å². The van der Waals surface area contributed by atoms with Crippen molar-refractivity contribution in [1.29, 1.82) is 0 Å². The van der Waals surface area contributed by atoms with Crippen molar-refractivity contribution in [2.24, 2.45) is 0 Å². The molecule has 0 aromatic heterocycles. The summed E-state index contributed by atoms with van der Waals surface area (Å²) in [6.45, 7) is 6.58. The predicted molar refractivity (Wildman–Crippen MR) is 275 cm³/mol. The highest BCUT2D eigenvalue weighted by Gasteiger charge is 2.19. The SMILES string of the molecule is CCCCCCC/C=C\C/C=C\CCCCCCCCCCCCCCCCCC(=O)OCC(COC(=O)CCCCCCC)OC(=O)CCCCCCCCCCCCCCCC. The van der Waals surface area contributed by atoms with Crippen molar-refractivity contribution in [3.63, 3.8) is 0 Å². The Morgan fingerprint density at radius 3 is 0.859 bits per heavy atom. The standard InChI is InChI=1S/C58H108O6/c1-4-7-10-13-15-17-19-21-23-24-25-26-27-28-29-30-31-32-33-34-35-37-38-40-42-45-48-51-57(60)63-54-55(53-62-56(59)50-47-44-12-9-6-3)64-58(61)52-49-46-43-41-39-36-22-20-18-16-14-11-8-5-2/h19,21,24-25,55H,4-18,20,22-23,26-54H2,1-3H3/b21-19-,25-24-. The molecule has 0 aromatic carbocycles. The highest BCUT2D eigenvalue weighted by molar-refractivity contribution is 5.71. The molecule has 0 spiro atoms. The molecule has 6 heteroatoms. The third kappa shape index (κ3) is 50.9. The molecule has 0 fully saturated rings. The number of rotatable bonds is 52. The van der Waals surface area contributed by atoms with Gasteiger partial charge in [0.05, 0.1) is 0 Å². The molecule has 0 bridgehead atoms. The first-order valence-corrected chi connectivity index (χ1v) is 28.3. The molecule has 0 radical (unpaired) electrons. The first-order chi connectivity index (χ1) is 31.5. The number of esters is 3. The number of unbranched alkanes of at least 4 members (excludes halogenated alkanes) is 37. The van der Waals surface area contributed by atoms with Gasteiger partial charge in [0.25, 0.3) is 0 Å². The van der Waals surface area contributed by atoms with Crippen LogP contribution in [0, 0.1) is 0 Å². The van der Waals surface area contributed by atoms with Gasteiger partial charge in [0.1, 0.15) is 13.2 Å². The van der Waals surface area contributed by atoms with Crippen LogP contribution in [-0.2, 0) is 28.6 Å². The summed E-state index contributed by atoms with van der Waals surface area (Å²) < 4.78 is 16.7. The van der Waals surface area contributed by atoms with Crippen molar-refractivity contribution < 1.29 is 28.6 Å². The summed E-state index contributed by atoms with van der Waals surface area (Å²) in [4.78, 5) is 37.7. The molecule has 64 heavy (non-hydrogen) atoms. The third-order valence-corrected chi connectivity index (χ3v) is 12.7. The quantitative estimate of drug-likeness (QED) is 0.0262. The third-order valence-electron chi connectivity index (χ3n) is 12.7. The van der Waals surface area contributed by atoms with Crippen LogP contribution in [0.25, 0.3) is 0 Å². The van der Waals surface area contributed by atoms with Gasteiger partial charge in [-0.25, -0.2) is 0 Å². The van der Waals surface area contributed by atoms with Crippen molar-refractivity contribution in [3.8, 4) is 0 Å². The van der Waals surface area contributed by atoms with E-state index in [1.807, 2.05) is 0 Å². The summed E-state index contributed by atoms with van der Waals surface area (Å²) in [6.07, 6.45) is 62.2. The Hall–Kier alpha value is -2.11. The van der Waals surface area contributed by atoms with Gasteiger partial charge >= 0.3 is 17.9 Å². The summed E-state index contributed by atoms with van der Waals surface area (Å²) in [5, 5.41) is 0. The summed E-state index contributed by atoms with van der Waals surface area (Å²) >= 11 is 0. The van der Waals surface area contributed by atoms with Crippen molar-refractivity contribution in [3.05, 3.63) is 24.3 Å². The summed E-state index contributed by atoms with van der Waals surface area (Å²) in [7, 11) is 0. The van der Waals surface area contributed by atoms with E-state index in [9.17, 15) is 14.4 Å². The Labute approximate surface area is 398 Å². The van der Waals surface area contributed by atoms with Gasteiger partial charge in [-0.1, -0.05) is 263 Å². The monoisotopic (exact) mass is 901 g/mol. The minimum absolute atomic E-state index is 0.0667. The highest BCUT2D eigenvalue weighted by atomic mass is 16.6. The first-order valence-electron chi connectivity index (χ1n) is 28.3. The lowest BCUT2D eigenvalue weighted by molar-refractivity contribution is -0.167. The van der Waals surface area contributed by atoms with Gasteiger partial charge in [0.15, 0.2) is 6.10 Å². The molecule has 0 aliphatic carbocycles. The Morgan fingerprint density at radius 1 is 0.312 bits per heavy atom. The number of carbonyl (C=O) groups is 3. The van der Waals surface area contributed by atoms with Crippen molar-refractivity contribution in [2.45, 2.75) is 316 Å². The Bertz CT molecular complexity index is 1040. The van der Waals surface area contributed by atoms with E-state index in [1.54, 1.807) is 0 Å². The molecule has 0 aromatic rings. The topological polar surface area (TPSA) is 78.9 Å². The number of hydrogen-bond donors (Lipinski definition) is 0. The van der Waals surface area contributed by atoms with E-state index in [0.717, 1.165) is 70.6 Å². The Morgan fingerprint density at radius 2 is 0.562 bits per heavy atom. The Kier molecular flexibility index (Phi) is 51.7. The smallest absolute Gasteiger partial charge is 0.306 e. The lowest BCUT2D eigenvalue weighted by Gasteiger charge is -2.18. The predicted octanol–water partition coefficient (Wildman–Crippen LogP) is 18.7. The van der Waals surface area contributed by atoms with Crippen LogP contribution in [0.1, 0.15) is 310 Å². The second-order valence-corrected chi connectivity index (χ2v) is 19.2. The summed E-state index contributed by atoms with van der Waals surface area (Å²) in [6, 6.07) is 0. The number of ether oxygens (including phenoxy) is 3. The fourth-order valence-corrected chi connectivity index (χ4v) is 8.42. The molecule has 0 amide bonds. The van der Waals surface area contributed by atoms with Gasteiger partial charge in [-0.15, -0.1) is 0 Å². The maximum Gasteiger partial charge on any atom is 0.306 e. The molecule has 1 unspecified atom stereocenters. The molecule has 1 atom stereocenters. The van der Waals surface area contributed by atoms with Crippen LogP contribution in [0.4, 0.5) is 0 Å². The molecule has 0 saturated carbocycles. The van der Waals surface area contributed by atoms with Crippen LogP contribution in [-0.4, -0.2) is 37.2 Å². The van der Waals surface area contributed by atoms with Crippen LogP contribution in [0.15, 0.2) is 24.3 Å². The molecule has 0 saturated heterocycles. The molecule has 0 aliphatic rings. The normalized spacial score (nSPS) is 12.1. The Balaban J connectivity index is 3.98. The van der Waals surface area contributed by atoms with Gasteiger partial charge in [-0.3, -0.25) is 14.4 Å².